The lowest BCUT2D eigenvalue weighted by Crippen LogP contribution is -2.05. The van der Waals surface area contributed by atoms with Gasteiger partial charge in [-0.05, 0) is 25.8 Å². The Morgan fingerprint density at radius 2 is 1.70 bits per heavy atom. The van der Waals surface area contributed by atoms with Gasteiger partial charge in [-0.3, -0.25) is 4.79 Å². The molecule has 0 aromatic heterocycles. The van der Waals surface area contributed by atoms with Crippen molar-refractivity contribution < 1.29 is 9.53 Å². The normalized spacial score (nSPS) is 10.6. The van der Waals surface area contributed by atoms with Crippen molar-refractivity contribution in [3.8, 4) is 0 Å². The first-order chi connectivity index (χ1) is 9.61. The fraction of sp³-hybridized carbons (Fsp3) is 0.556. The fourth-order valence-electron chi connectivity index (χ4n) is 2.33. The third kappa shape index (κ3) is 7.32. The third-order valence-electron chi connectivity index (χ3n) is 3.28. The SMILES string of the molecule is CCCCCCC[CH]C(=O)OCc1cc(C)cc(C)c1. The smallest absolute Gasteiger partial charge is 0.310 e. The summed E-state index contributed by atoms with van der Waals surface area (Å²) in [5.41, 5.74) is 3.47. The highest BCUT2D eigenvalue weighted by molar-refractivity contribution is 5.78. The molecule has 20 heavy (non-hydrogen) atoms. The topological polar surface area (TPSA) is 26.3 Å². The van der Waals surface area contributed by atoms with E-state index in [1.165, 1.54) is 36.8 Å². The summed E-state index contributed by atoms with van der Waals surface area (Å²) in [6.45, 7) is 6.69. The zero-order valence-corrected chi connectivity index (χ0v) is 13.1. The zero-order valence-electron chi connectivity index (χ0n) is 13.1. The van der Waals surface area contributed by atoms with Crippen molar-refractivity contribution in [3.63, 3.8) is 0 Å². The number of esters is 1. The molecule has 0 aliphatic rings. The van der Waals surface area contributed by atoms with Gasteiger partial charge < -0.3 is 4.74 Å². The van der Waals surface area contributed by atoms with Crippen LogP contribution < -0.4 is 0 Å². The molecule has 2 nitrogen and oxygen atoms in total. The quantitative estimate of drug-likeness (QED) is 0.473. The van der Waals surface area contributed by atoms with Gasteiger partial charge in [-0.15, -0.1) is 0 Å². The highest BCUT2D eigenvalue weighted by Crippen LogP contribution is 2.11. The van der Waals surface area contributed by atoms with Gasteiger partial charge >= 0.3 is 5.97 Å². The number of carbonyl (C=O) groups is 1. The molecular weight excluding hydrogens is 248 g/mol. The van der Waals surface area contributed by atoms with E-state index < -0.39 is 0 Å². The minimum Gasteiger partial charge on any atom is -0.461 e. The molecule has 0 saturated carbocycles. The van der Waals surface area contributed by atoms with Crippen LogP contribution in [0.15, 0.2) is 18.2 Å². The number of hydrogen-bond donors (Lipinski definition) is 0. The van der Waals surface area contributed by atoms with E-state index in [1.807, 2.05) is 0 Å². The number of ether oxygens (including phenoxy) is 1. The Morgan fingerprint density at radius 3 is 2.35 bits per heavy atom. The van der Waals surface area contributed by atoms with Crippen LogP contribution in [-0.4, -0.2) is 5.97 Å². The van der Waals surface area contributed by atoms with Crippen molar-refractivity contribution in [2.45, 2.75) is 65.9 Å². The Labute approximate surface area is 123 Å². The van der Waals surface area contributed by atoms with E-state index in [9.17, 15) is 4.79 Å². The van der Waals surface area contributed by atoms with Crippen LogP contribution in [0.4, 0.5) is 0 Å². The molecule has 0 aliphatic heterocycles. The number of hydrogen-bond acceptors (Lipinski definition) is 2. The van der Waals surface area contributed by atoms with E-state index >= 15 is 0 Å². The first kappa shape index (κ1) is 16.7. The lowest BCUT2D eigenvalue weighted by Gasteiger charge is -2.07. The second-order valence-electron chi connectivity index (χ2n) is 5.51. The molecule has 1 radical (unpaired) electrons. The number of benzene rings is 1. The average molecular weight is 275 g/mol. The summed E-state index contributed by atoms with van der Waals surface area (Å²) in [6.07, 6.45) is 8.60. The summed E-state index contributed by atoms with van der Waals surface area (Å²) in [5.74, 6) is -0.195. The lowest BCUT2D eigenvalue weighted by atomic mass is 10.1. The van der Waals surface area contributed by atoms with Gasteiger partial charge in [-0.1, -0.05) is 68.4 Å². The molecule has 0 amide bonds. The monoisotopic (exact) mass is 275 g/mol. The standard InChI is InChI=1S/C18H27O2/c1-4-5-6-7-8-9-10-18(19)20-14-17-12-15(2)11-16(3)13-17/h10-13H,4-9,14H2,1-3H3. The Kier molecular flexibility index (Phi) is 8.01. The average Bonchev–Trinajstić information content (AvgIpc) is 2.39. The van der Waals surface area contributed by atoms with Gasteiger partial charge in [-0.2, -0.15) is 0 Å². The molecule has 0 heterocycles. The van der Waals surface area contributed by atoms with E-state index in [2.05, 4.69) is 39.0 Å². The van der Waals surface area contributed by atoms with Crippen LogP contribution in [0.5, 0.6) is 0 Å². The summed E-state index contributed by atoms with van der Waals surface area (Å²) in [6, 6.07) is 6.24. The van der Waals surface area contributed by atoms with Gasteiger partial charge in [-0.25, -0.2) is 0 Å². The van der Waals surface area contributed by atoms with Crippen LogP contribution in [0.2, 0.25) is 0 Å². The van der Waals surface area contributed by atoms with Gasteiger partial charge in [0.15, 0.2) is 0 Å². The van der Waals surface area contributed by atoms with E-state index in [0.717, 1.165) is 18.4 Å². The van der Waals surface area contributed by atoms with Gasteiger partial charge in [0.2, 0.25) is 0 Å². The van der Waals surface area contributed by atoms with Crippen LogP contribution in [0.25, 0.3) is 0 Å². The molecule has 0 aliphatic carbocycles. The molecular formula is C18H27O2. The molecule has 0 spiro atoms. The number of aryl methyl sites for hydroxylation is 2. The van der Waals surface area contributed by atoms with Crippen LogP contribution in [0.3, 0.4) is 0 Å². The van der Waals surface area contributed by atoms with Crippen molar-refractivity contribution in [1.29, 1.82) is 0 Å². The van der Waals surface area contributed by atoms with Crippen LogP contribution >= 0.6 is 0 Å². The largest absolute Gasteiger partial charge is 0.461 e. The van der Waals surface area contributed by atoms with Crippen LogP contribution in [0, 0.1) is 20.3 Å². The maximum Gasteiger partial charge on any atom is 0.310 e. The Balaban J connectivity index is 2.16. The van der Waals surface area contributed by atoms with Crippen molar-refractivity contribution in [2.75, 3.05) is 0 Å². The number of rotatable bonds is 9. The van der Waals surface area contributed by atoms with E-state index in [4.69, 9.17) is 4.74 Å². The Morgan fingerprint density at radius 1 is 1.05 bits per heavy atom. The molecule has 0 bridgehead atoms. The van der Waals surface area contributed by atoms with E-state index in [1.54, 1.807) is 6.42 Å². The third-order valence-corrected chi connectivity index (χ3v) is 3.28. The van der Waals surface area contributed by atoms with Crippen molar-refractivity contribution in [1.82, 2.24) is 0 Å². The molecule has 1 aromatic carbocycles. The maximum atomic E-state index is 11.6. The molecule has 2 heteroatoms. The van der Waals surface area contributed by atoms with Gasteiger partial charge in [0.05, 0.1) is 6.42 Å². The van der Waals surface area contributed by atoms with Gasteiger partial charge in [0, 0.05) is 0 Å². The lowest BCUT2D eigenvalue weighted by molar-refractivity contribution is -0.140. The summed E-state index contributed by atoms with van der Waals surface area (Å²) in [7, 11) is 0. The fourth-order valence-corrected chi connectivity index (χ4v) is 2.33. The van der Waals surface area contributed by atoms with Crippen molar-refractivity contribution in [2.24, 2.45) is 0 Å². The minimum atomic E-state index is -0.195. The first-order valence-corrected chi connectivity index (χ1v) is 7.69. The second-order valence-corrected chi connectivity index (χ2v) is 5.51. The predicted octanol–water partition coefficient (Wildman–Crippen LogP) is 4.91. The van der Waals surface area contributed by atoms with Crippen molar-refractivity contribution in [3.05, 3.63) is 41.3 Å². The molecule has 1 rings (SSSR count). The molecule has 0 N–H and O–H groups in total. The highest BCUT2D eigenvalue weighted by Gasteiger charge is 2.04. The molecule has 0 unspecified atom stereocenters. The van der Waals surface area contributed by atoms with Crippen molar-refractivity contribution >= 4 is 5.97 Å². The summed E-state index contributed by atoms with van der Waals surface area (Å²) >= 11 is 0. The summed E-state index contributed by atoms with van der Waals surface area (Å²) in [5, 5.41) is 0. The van der Waals surface area contributed by atoms with Gasteiger partial charge in [0.1, 0.15) is 6.61 Å². The first-order valence-electron chi connectivity index (χ1n) is 7.69. The summed E-state index contributed by atoms with van der Waals surface area (Å²) in [4.78, 5) is 11.6. The molecule has 111 valence electrons. The highest BCUT2D eigenvalue weighted by atomic mass is 16.5. The number of unbranched alkanes of at least 4 members (excludes halogenated alkanes) is 5. The summed E-state index contributed by atoms with van der Waals surface area (Å²) < 4.78 is 5.27. The molecule has 0 saturated heterocycles. The molecule has 0 fully saturated rings. The van der Waals surface area contributed by atoms with E-state index in [-0.39, 0.29) is 5.97 Å². The Bertz CT molecular complexity index is 390. The predicted molar refractivity (Wildman–Crippen MR) is 83.4 cm³/mol. The van der Waals surface area contributed by atoms with Gasteiger partial charge in [0.25, 0.3) is 0 Å². The maximum absolute atomic E-state index is 11.6. The van der Waals surface area contributed by atoms with Crippen LogP contribution in [-0.2, 0) is 16.1 Å². The van der Waals surface area contributed by atoms with Crippen LogP contribution in [0.1, 0.15) is 62.1 Å². The molecule has 0 atom stereocenters. The van der Waals surface area contributed by atoms with E-state index in [0.29, 0.717) is 6.61 Å². The Hall–Kier alpha value is -1.31. The molecule has 1 aromatic rings. The second kappa shape index (κ2) is 9.57. The number of carbonyl (C=O) groups excluding carboxylic acids is 1. The zero-order chi connectivity index (χ0) is 14.8. The minimum absolute atomic E-state index is 0.195.